The Hall–Kier alpha value is -3.52. The Labute approximate surface area is 426 Å². The molecule has 2 aromatic rings. The molecule has 6 rings (SSSR count). The summed E-state index contributed by atoms with van der Waals surface area (Å²) in [7, 11) is 2.36. The molecule has 0 aliphatic carbocycles. The SMILES string of the molecule is CCC(C)(C)C(=O)C(=O)N1CCCC1c1csc([C@@H]2CCCN2C(=O)C(=O)C(C)(C)CC)n1.CC[C-](C)C.COC(=O)C(=O)N1CCCC1c1csc([C@@H]2CCCN2C(=O)C(=O)OC)n1.[Cl-].[Mg+2]. The van der Waals surface area contributed by atoms with Crippen LogP contribution < -0.4 is 12.4 Å². The van der Waals surface area contributed by atoms with Crippen molar-refractivity contribution in [3.8, 4) is 0 Å². The standard InChI is InChI=1S/C25H37N3O4S.C17H21N3O6S.C5H11.ClH.Mg/c1-7-24(3,4)19(29)22(31)27-13-9-11-17(27)16-15-33-21(26-16)18-12-10-14-28(18)23(32)20(30)25(5,6)8-2;1-25-16(23)14(21)19-7-3-5-11(19)10-9-27-13(18-10)12-6-4-8-20(12)15(22)17(24)26-2;1-4-5(2)3;;/h15,17-18H,7-14H2,1-6H3;9,11-12H,3-8H2,1-2H3;4H2,1-3H3;1H;/q;;-1;;+2/p-1/t17?,18-;11?,12-;;;/m00.../s1. The second kappa shape index (κ2) is 26.5. The van der Waals surface area contributed by atoms with Crippen LogP contribution in [-0.4, -0.2) is 140 Å². The molecule has 4 atom stereocenters. The van der Waals surface area contributed by atoms with Gasteiger partial charge in [-0.15, -0.1) is 22.7 Å². The fraction of sp³-hybridized carbons (Fsp3) is 0.681. The molecule has 20 heteroatoms. The third-order valence-corrected chi connectivity index (χ3v) is 15.1. The van der Waals surface area contributed by atoms with Gasteiger partial charge in [0.15, 0.2) is 0 Å². The van der Waals surface area contributed by atoms with Crippen molar-refractivity contribution in [2.24, 2.45) is 10.8 Å². The molecule has 4 saturated heterocycles. The molecule has 4 amide bonds. The fourth-order valence-electron chi connectivity index (χ4n) is 7.95. The Morgan fingerprint density at radius 3 is 1.16 bits per heavy atom. The van der Waals surface area contributed by atoms with E-state index < -0.39 is 46.4 Å². The Morgan fingerprint density at radius 1 is 0.582 bits per heavy atom. The van der Waals surface area contributed by atoms with E-state index >= 15 is 0 Å². The minimum absolute atomic E-state index is 0. The molecule has 0 spiro atoms. The summed E-state index contributed by atoms with van der Waals surface area (Å²) in [5, 5.41) is 5.32. The largest absolute Gasteiger partial charge is 2.00 e. The average Bonchev–Trinajstić information content (AvgIpc) is 4.16. The number of Topliss-reactive ketones (excluding diaryl/α,β-unsaturated/α-hetero) is 2. The summed E-state index contributed by atoms with van der Waals surface area (Å²) in [5.41, 5.74) is 0.118. The van der Waals surface area contributed by atoms with Crippen molar-refractivity contribution < 1.29 is 60.2 Å². The van der Waals surface area contributed by atoms with E-state index in [2.05, 4.69) is 35.2 Å². The molecule has 4 aliphatic heterocycles. The van der Waals surface area contributed by atoms with Gasteiger partial charge < -0.3 is 47.4 Å². The first-order chi connectivity index (χ1) is 30.7. The van der Waals surface area contributed by atoms with Gasteiger partial charge in [0.05, 0.1) is 49.8 Å². The molecule has 4 aliphatic rings. The smallest absolute Gasteiger partial charge is 1.00 e. The molecule has 2 aromatic heterocycles. The molecule has 6 heterocycles. The number of rotatable bonds is 11. The molecule has 0 aromatic carbocycles. The van der Waals surface area contributed by atoms with Crippen molar-refractivity contribution in [1.29, 1.82) is 0 Å². The number of halogens is 1. The fourth-order valence-corrected chi connectivity index (χ4v) is 9.97. The molecule has 16 nitrogen and oxygen atoms in total. The van der Waals surface area contributed by atoms with Gasteiger partial charge in [-0.2, -0.15) is 20.3 Å². The predicted molar refractivity (Wildman–Crippen MR) is 252 cm³/mol. The molecule has 0 saturated carbocycles. The molecule has 4 fully saturated rings. The summed E-state index contributed by atoms with van der Waals surface area (Å²) in [6.07, 6.45) is 8.62. The van der Waals surface area contributed by atoms with Crippen molar-refractivity contribution in [3.63, 3.8) is 0 Å². The predicted octanol–water partition coefficient (Wildman–Crippen LogP) is 3.93. The van der Waals surface area contributed by atoms with Crippen LogP contribution in [0.15, 0.2) is 10.8 Å². The van der Waals surface area contributed by atoms with Gasteiger partial charge in [-0.25, -0.2) is 19.6 Å². The maximum Gasteiger partial charge on any atom is 2.00 e. The molecule has 0 radical (unpaired) electrons. The Kier molecular flexibility index (Phi) is 23.5. The zero-order valence-corrected chi connectivity index (χ0v) is 45.0. The summed E-state index contributed by atoms with van der Waals surface area (Å²) < 4.78 is 9.07. The number of aromatic nitrogens is 2. The van der Waals surface area contributed by atoms with Crippen molar-refractivity contribution in [3.05, 3.63) is 38.1 Å². The van der Waals surface area contributed by atoms with E-state index in [1.807, 2.05) is 52.3 Å². The van der Waals surface area contributed by atoms with Crippen LogP contribution in [0.4, 0.5) is 0 Å². The Morgan fingerprint density at radius 2 is 0.866 bits per heavy atom. The molecule has 0 bridgehead atoms. The summed E-state index contributed by atoms with van der Waals surface area (Å²) in [4.78, 5) is 115. The van der Waals surface area contributed by atoms with Crippen molar-refractivity contribution >= 4 is 92.9 Å². The van der Waals surface area contributed by atoms with Crippen LogP contribution in [0.5, 0.6) is 0 Å². The van der Waals surface area contributed by atoms with Crippen LogP contribution in [0, 0.1) is 16.7 Å². The van der Waals surface area contributed by atoms with Gasteiger partial charge in [-0.3, -0.25) is 28.8 Å². The normalized spacial score (nSPS) is 20.2. The third-order valence-electron chi connectivity index (χ3n) is 13.2. The van der Waals surface area contributed by atoms with Crippen LogP contribution in [0.3, 0.4) is 0 Å². The number of carbonyl (C=O) groups is 8. The number of nitrogens with zero attached hydrogens (tertiary/aromatic N) is 6. The maximum atomic E-state index is 13.0. The number of thiazole rings is 2. The third kappa shape index (κ3) is 14.3. The number of esters is 2. The topological polar surface area (TPSA) is 194 Å². The maximum absolute atomic E-state index is 13.0. The minimum Gasteiger partial charge on any atom is -1.00 e. The summed E-state index contributed by atoms with van der Waals surface area (Å²) in [6.45, 7) is 19.6. The van der Waals surface area contributed by atoms with Gasteiger partial charge in [-0.1, -0.05) is 48.5 Å². The van der Waals surface area contributed by atoms with Crippen LogP contribution in [0.1, 0.15) is 179 Å². The minimum atomic E-state index is -0.886. The van der Waals surface area contributed by atoms with Gasteiger partial charge in [0.25, 0.3) is 11.8 Å². The van der Waals surface area contributed by atoms with Crippen molar-refractivity contribution in [2.45, 2.75) is 157 Å². The number of amides is 4. The van der Waals surface area contributed by atoms with Crippen molar-refractivity contribution in [2.75, 3.05) is 40.4 Å². The number of ketones is 2. The molecular formula is C47H69ClMgN6O10S2. The van der Waals surface area contributed by atoms with E-state index in [1.165, 1.54) is 59.0 Å². The van der Waals surface area contributed by atoms with Crippen LogP contribution in [-0.2, 0) is 47.8 Å². The van der Waals surface area contributed by atoms with Crippen molar-refractivity contribution in [1.82, 2.24) is 29.6 Å². The van der Waals surface area contributed by atoms with Crippen LogP contribution in [0.2, 0.25) is 0 Å². The van der Waals surface area contributed by atoms with Gasteiger partial charge in [0, 0.05) is 47.8 Å². The number of hydrogen-bond donors (Lipinski definition) is 0. The van der Waals surface area contributed by atoms with E-state index in [1.54, 1.807) is 9.80 Å². The van der Waals surface area contributed by atoms with Gasteiger partial charge in [0.1, 0.15) is 10.0 Å². The molecule has 2 unspecified atom stereocenters. The first-order valence-electron chi connectivity index (χ1n) is 22.9. The Balaban J connectivity index is 0.000000412. The van der Waals surface area contributed by atoms with E-state index in [9.17, 15) is 38.4 Å². The zero-order chi connectivity index (χ0) is 48.4. The second-order valence-electron chi connectivity index (χ2n) is 18.5. The average molecular weight is 1000 g/mol. The van der Waals surface area contributed by atoms with Crippen LogP contribution >= 0.6 is 22.7 Å². The van der Waals surface area contributed by atoms with E-state index in [0.717, 1.165) is 54.2 Å². The van der Waals surface area contributed by atoms with Gasteiger partial charge in [-0.05, 0) is 64.2 Å². The van der Waals surface area contributed by atoms with E-state index in [-0.39, 0.29) is 71.2 Å². The molecule has 368 valence electrons. The molecular weight excluding hydrogens is 932 g/mol. The number of ether oxygens (including phenoxy) is 2. The number of methoxy groups -OCH3 is 2. The molecule has 67 heavy (non-hydrogen) atoms. The second-order valence-corrected chi connectivity index (χ2v) is 20.3. The first kappa shape index (κ1) is 59.6. The quantitative estimate of drug-likeness (QED) is 0.137. The number of carbonyl (C=O) groups excluding carboxylic acids is 8. The molecule has 0 N–H and O–H groups in total. The summed E-state index contributed by atoms with van der Waals surface area (Å²) >= 11 is 2.86. The Bertz CT molecular complexity index is 1930. The zero-order valence-electron chi connectivity index (χ0n) is 41.2. The summed E-state index contributed by atoms with van der Waals surface area (Å²) in [6, 6.07) is -0.987. The van der Waals surface area contributed by atoms with Gasteiger partial charge >= 0.3 is 46.8 Å². The van der Waals surface area contributed by atoms with E-state index in [0.29, 0.717) is 57.6 Å². The first-order valence-corrected chi connectivity index (χ1v) is 24.6. The van der Waals surface area contributed by atoms with Gasteiger partial charge in [0.2, 0.25) is 11.6 Å². The summed E-state index contributed by atoms with van der Waals surface area (Å²) in [5.74, 6) is -3.15. The number of hydrogen-bond acceptors (Lipinski definition) is 14. The number of likely N-dealkylation sites (tertiary alicyclic amines) is 4. The van der Waals surface area contributed by atoms with E-state index in [4.69, 9.17) is 4.98 Å². The monoisotopic (exact) mass is 1000 g/mol. The van der Waals surface area contributed by atoms with Crippen LogP contribution in [0.25, 0.3) is 0 Å².